The molecule has 0 aromatic heterocycles. The van der Waals surface area contributed by atoms with Gasteiger partial charge in [0.1, 0.15) is 17.5 Å². The van der Waals surface area contributed by atoms with Gasteiger partial charge in [0.05, 0.1) is 17.1 Å². The van der Waals surface area contributed by atoms with Gasteiger partial charge in [0.15, 0.2) is 0 Å². The molecule has 1 atom stereocenters. The minimum absolute atomic E-state index is 0.120. The molecule has 3 aromatic rings. The van der Waals surface area contributed by atoms with E-state index in [0.29, 0.717) is 41.4 Å². The third-order valence-electron chi connectivity index (χ3n) is 5.34. The van der Waals surface area contributed by atoms with Crippen molar-refractivity contribution in [2.24, 2.45) is 0 Å². The van der Waals surface area contributed by atoms with Crippen LogP contribution in [0.5, 0.6) is 5.75 Å². The van der Waals surface area contributed by atoms with Crippen molar-refractivity contribution in [1.29, 1.82) is 0 Å². The summed E-state index contributed by atoms with van der Waals surface area (Å²) in [5.41, 5.74) is -0.110. The molecule has 3 aromatic carbocycles. The van der Waals surface area contributed by atoms with Crippen molar-refractivity contribution in [3.05, 3.63) is 65.7 Å². The van der Waals surface area contributed by atoms with Crippen LogP contribution in [0.25, 0.3) is 10.8 Å². The lowest BCUT2D eigenvalue weighted by Crippen LogP contribution is -2.36. The van der Waals surface area contributed by atoms with Crippen molar-refractivity contribution in [2.45, 2.75) is 43.8 Å². The average Bonchev–Trinajstić information content (AvgIpc) is 3.23. The summed E-state index contributed by atoms with van der Waals surface area (Å²) in [5, 5.41) is 1.94. The second-order valence-electron chi connectivity index (χ2n) is 9.17. The van der Waals surface area contributed by atoms with Gasteiger partial charge < -0.3 is 14.4 Å². The summed E-state index contributed by atoms with van der Waals surface area (Å²) >= 11 is 5.88. The molecule has 0 unspecified atom stereocenters. The van der Waals surface area contributed by atoms with Crippen molar-refractivity contribution in [3.63, 3.8) is 0 Å². The third-order valence-corrected chi connectivity index (χ3v) is 6.98. The number of sulfonamides is 1. The van der Waals surface area contributed by atoms with E-state index in [0.717, 1.165) is 5.39 Å². The first-order valence-corrected chi connectivity index (χ1v) is 12.8. The molecule has 34 heavy (non-hydrogen) atoms. The molecule has 1 fully saturated rings. The maximum Gasteiger partial charge on any atom is 0.410 e. The molecule has 4 rings (SSSR count). The molecule has 0 aliphatic carbocycles. The number of halogens is 1. The molecular weight excluding hydrogens is 476 g/mol. The van der Waals surface area contributed by atoms with Crippen LogP contribution in [0, 0.1) is 0 Å². The van der Waals surface area contributed by atoms with Gasteiger partial charge in [-0.2, -0.15) is 0 Å². The number of hydrogen-bond acceptors (Lipinski definition) is 5. The van der Waals surface area contributed by atoms with Crippen molar-refractivity contribution in [3.8, 4) is 5.75 Å². The molecule has 180 valence electrons. The van der Waals surface area contributed by atoms with Gasteiger partial charge >= 0.3 is 6.09 Å². The van der Waals surface area contributed by atoms with Crippen molar-refractivity contribution < 1.29 is 22.7 Å². The van der Waals surface area contributed by atoms with Crippen LogP contribution in [-0.4, -0.2) is 44.2 Å². The summed E-state index contributed by atoms with van der Waals surface area (Å²) in [7, 11) is -3.80. The van der Waals surface area contributed by atoms with Crippen molar-refractivity contribution >= 4 is 44.2 Å². The van der Waals surface area contributed by atoms with Crippen LogP contribution in [0.3, 0.4) is 0 Å². The SMILES string of the molecule is CC(C)(C)OC(=O)N1CC[C@H](Oc2ccc(NS(=O)(=O)c3ccc(Cl)cc3)c3ccccc23)C1. The number of nitrogens with zero attached hydrogens (tertiary/aromatic N) is 1. The van der Waals surface area contributed by atoms with E-state index in [1.54, 1.807) is 17.0 Å². The topological polar surface area (TPSA) is 84.9 Å². The molecule has 1 aliphatic rings. The van der Waals surface area contributed by atoms with Crippen LogP contribution in [0.2, 0.25) is 5.02 Å². The highest BCUT2D eigenvalue weighted by atomic mass is 35.5. The van der Waals surface area contributed by atoms with Crippen molar-refractivity contribution in [1.82, 2.24) is 4.90 Å². The van der Waals surface area contributed by atoms with E-state index >= 15 is 0 Å². The number of benzene rings is 3. The fourth-order valence-electron chi connectivity index (χ4n) is 3.78. The fourth-order valence-corrected chi connectivity index (χ4v) is 4.98. The normalized spacial score (nSPS) is 16.5. The Balaban J connectivity index is 1.54. The first-order valence-electron chi connectivity index (χ1n) is 11.0. The van der Waals surface area contributed by atoms with E-state index in [-0.39, 0.29) is 17.1 Å². The highest BCUT2D eigenvalue weighted by molar-refractivity contribution is 7.92. The van der Waals surface area contributed by atoms with E-state index in [4.69, 9.17) is 21.1 Å². The van der Waals surface area contributed by atoms with Crippen LogP contribution < -0.4 is 9.46 Å². The van der Waals surface area contributed by atoms with Crippen LogP contribution in [0.4, 0.5) is 10.5 Å². The monoisotopic (exact) mass is 502 g/mol. The van der Waals surface area contributed by atoms with E-state index < -0.39 is 15.6 Å². The zero-order valence-electron chi connectivity index (χ0n) is 19.2. The zero-order valence-corrected chi connectivity index (χ0v) is 20.8. The van der Waals surface area contributed by atoms with Gasteiger partial charge in [-0.25, -0.2) is 13.2 Å². The van der Waals surface area contributed by atoms with Crippen LogP contribution in [-0.2, 0) is 14.8 Å². The molecule has 0 radical (unpaired) electrons. The third kappa shape index (κ3) is 5.56. The molecular formula is C25H27ClN2O5S. The Morgan fingerprint density at radius 1 is 1.03 bits per heavy atom. The second kappa shape index (κ2) is 9.35. The summed E-state index contributed by atoms with van der Waals surface area (Å²) in [6, 6.07) is 16.8. The zero-order chi connectivity index (χ0) is 24.5. The number of fused-ring (bicyclic) bond motifs is 1. The number of carbonyl (C=O) groups excluding carboxylic acids is 1. The number of hydrogen-bond donors (Lipinski definition) is 1. The number of nitrogens with one attached hydrogen (secondary N) is 1. The Hall–Kier alpha value is -2.97. The van der Waals surface area contributed by atoms with Crippen molar-refractivity contribution in [2.75, 3.05) is 17.8 Å². The van der Waals surface area contributed by atoms with E-state index in [1.807, 2.05) is 45.0 Å². The largest absolute Gasteiger partial charge is 0.488 e. The summed E-state index contributed by atoms with van der Waals surface area (Å²) in [4.78, 5) is 14.1. The average molecular weight is 503 g/mol. The van der Waals surface area contributed by atoms with Gasteiger partial charge in [-0.1, -0.05) is 35.9 Å². The van der Waals surface area contributed by atoms with E-state index in [2.05, 4.69) is 4.72 Å². The lowest BCUT2D eigenvalue weighted by Gasteiger charge is -2.24. The molecule has 0 spiro atoms. The first kappa shape index (κ1) is 24.2. The Bertz CT molecular complexity index is 1300. The standard InChI is InChI=1S/C25H27ClN2O5S/c1-25(2,3)33-24(29)28-15-14-18(16-28)32-23-13-12-22(20-6-4-5-7-21(20)23)27-34(30,31)19-10-8-17(26)9-11-19/h4-13,18,27H,14-16H2,1-3H3/t18-/m0/s1. The minimum atomic E-state index is -3.80. The van der Waals surface area contributed by atoms with Gasteiger partial charge in [-0.3, -0.25) is 4.72 Å². The summed E-state index contributed by atoms with van der Waals surface area (Å²) in [5.74, 6) is 0.626. The lowest BCUT2D eigenvalue weighted by molar-refractivity contribution is 0.0276. The maximum atomic E-state index is 12.9. The molecule has 1 heterocycles. The predicted octanol–water partition coefficient (Wildman–Crippen LogP) is 5.68. The molecule has 7 nitrogen and oxygen atoms in total. The van der Waals surface area contributed by atoms with Crippen LogP contribution in [0.1, 0.15) is 27.2 Å². The summed E-state index contributed by atoms with van der Waals surface area (Å²) in [6.45, 7) is 6.49. The fraction of sp³-hybridized carbons (Fsp3) is 0.320. The number of amides is 1. The molecule has 0 saturated carbocycles. The molecule has 1 N–H and O–H groups in total. The molecule has 9 heteroatoms. The van der Waals surface area contributed by atoms with Gasteiger partial charge in [0.2, 0.25) is 0 Å². The Labute approximate surface area is 204 Å². The minimum Gasteiger partial charge on any atom is -0.488 e. The van der Waals surface area contributed by atoms with Gasteiger partial charge in [0, 0.05) is 28.8 Å². The van der Waals surface area contributed by atoms with Crippen LogP contribution >= 0.6 is 11.6 Å². The van der Waals surface area contributed by atoms with Gasteiger partial charge in [-0.05, 0) is 57.2 Å². The quantitative estimate of drug-likeness (QED) is 0.485. The lowest BCUT2D eigenvalue weighted by atomic mass is 10.1. The molecule has 0 bridgehead atoms. The molecule has 1 aliphatic heterocycles. The number of carbonyl (C=O) groups is 1. The number of anilines is 1. The number of likely N-dealkylation sites (tertiary alicyclic amines) is 1. The van der Waals surface area contributed by atoms with E-state index in [1.165, 1.54) is 24.3 Å². The van der Waals surface area contributed by atoms with Gasteiger partial charge in [-0.15, -0.1) is 0 Å². The second-order valence-corrected chi connectivity index (χ2v) is 11.3. The Morgan fingerprint density at radius 2 is 1.71 bits per heavy atom. The molecule has 1 saturated heterocycles. The Morgan fingerprint density at radius 3 is 2.38 bits per heavy atom. The van der Waals surface area contributed by atoms with Gasteiger partial charge in [0.25, 0.3) is 10.0 Å². The maximum absolute atomic E-state index is 12.9. The number of rotatable bonds is 5. The summed E-state index contributed by atoms with van der Waals surface area (Å²) in [6.07, 6.45) is 0.140. The smallest absolute Gasteiger partial charge is 0.410 e. The molecule has 1 amide bonds. The highest BCUT2D eigenvalue weighted by Gasteiger charge is 2.31. The van der Waals surface area contributed by atoms with E-state index in [9.17, 15) is 13.2 Å². The highest BCUT2D eigenvalue weighted by Crippen LogP contribution is 2.34. The Kier molecular flexibility index (Phi) is 6.64. The number of ether oxygens (including phenoxy) is 2. The summed E-state index contributed by atoms with van der Waals surface area (Å²) < 4.78 is 40.1. The van der Waals surface area contributed by atoms with Crippen LogP contribution in [0.15, 0.2) is 65.6 Å². The predicted molar refractivity (Wildman–Crippen MR) is 133 cm³/mol. The first-order chi connectivity index (χ1) is 16.0.